The number of hydrogen-bond acceptors (Lipinski definition) is 3. The Morgan fingerprint density at radius 2 is 1.79 bits per heavy atom. The topological polar surface area (TPSA) is 35.5 Å². The second-order valence-corrected chi connectivity index (χ2v) is 5.26. The lowest BCUT2D eigenvalue weighted by atomic mass is 10.0. The fourth-order valence-electron chi connectivity index (χ4n) is 2.23. The van der Waals surface area contributed by atoms with E-state index in [-0.39, 0.29) is 6.10 Å². The highest BCUT2D eigenvalue weighted by molar-refractivity contribution is 5.52. The first-order chi connectivity index (χ1) is 9.08. The van der Waals surface area contributed by atoms with Gasteiger partial charge in [-0.1, -0.05) is 45.9 Å². The number of benzene rings is 1. The molecule has 1 aromatic carbocycles. The van der Waals surface area contributed by atoms with Gasteiger partial charge in [0.1, 0.15) is 0 Å². The average Bonchev–Trinajstić information content (AvgIpc) is 2.42. The third kappa shape index (κ3) is 5.21. The van der Waals surface area contributed by atoms with Crippen LogP contribution < -0.4 is 5.32 Å². The van der Waals surface area contributed by atoms with Gasteiger partial charge in [0.05, 0.1) is 6.10 Å². The highest BCUT2D eigenvalue weighted by atomic mass is 16.3. The Morgan fingerprint density at radius 1 is 1.16 bits per heavy atom. The molecule has 0 heterocycles. The second kappa shape index (κ2) is 8.18. The van der Waals surface area contributed by atoms with E-state index in [4.69, 9.17) is 0 Å². The number of nitrogens with one attached hydrogen (secondary N) is 1. The summed E-state index contributed by atoms with van der Waals surface area (Å²) in [6, 6.07) is 8.32. The van der Waals surface area contributed by atoms with Gasteiger partial charge in [-0.25, -0.2) is 0 Å². The van der Waals surface area contributed by atoms with Crippen molar-refractivity contribution in [3.05, 3.63) is 29.8 Å². The molecule has 0 fully saturated rings. The standard InChI is InChI=1S/C16H28N2O/c1-5-18(6-2)12-14(19)11-17-16-10-8-7-9-15(16)13(3)4/h7-10,13-14,17,19H,5-6,11-12H2,1-4H3. The van der Waals surface area contributed by atoms with Crippen molar-refractivity contribution in [3.8, 4) is 0 Å². The number of likely N-dealkylation sites (N-methyl/N-ethyl adjacent to an activating group) is 1. The maximum Gasteiger partial charge on any atom is 0.0839 e. The van der Waals surface area contributed by atoms with Crippen LogP contribution >= 0.6 is 0 Å². The van der Waals surface area contributed by atoms with E-state index in [1.807, 2.05) is 6.07 Å². The molecule has 0 aliphatic carbocycles. The zero-order chi connectivity index (χ0) is 14.3. The number of rotatable bonds is 8. The maximum atomic E-state index is 10.1. The Morgan fingerprint density at radius 3 is 2.37 bits per heavy atom. The minimum Gasteiger partial charge on any atom is -0.390 e. The van der Waals surface area contributed by atoms with Crippen LogP contribution in [0.1, 0.15) is 39.2 Å². The van der Waals surface area contributed by atoms with E-state index in [9.17, 15) is 5.11 Å². The summed E-state index contributed by atoms with van der Waals surface area (Å²) < 4.78 is 0. The molecule has 1 atom stereocenters. The molecule has 2 N–H and O–H groups in total. The fourth-order valence-corrected chi connectivity index (χ4v) is 2.23. The van der Waals surface area contributed by atoms with Gasteiger partial charge in [-0.05, 0) is 30.6 Å². The van der Waals surface area contributed by atoms with E-state index in [0.717, 1.165) is 25.3 Å². The van der Waals surface area contributed by atoms with Gasteiger partial charge in [-0.2, -0.15) is 0 Å². The summed E-state index contributed by atoms with van der Waals surface area (Å²) in [5, 5.41) is 13.4. The van der Waals surface area contributed by atoms with Crippen molar-refractivity contribution in [2.24, 2.45) is 0 Å². The summed E-state index contributed by atoms with van der Waals surface area (Å²) >= 11 is 0. The molecule has 0 bridgehead atoms. The zero-order valence-corrected chi connectivity index (χ0v) is 12.7. The van der Waals surface area contributed by atoms with Crippen LogP contribution in [0, 0.1) is 0 Å². The van der Waals surface area contributed by atoms with E-state index in [1.54, 1.807) is 0 Å². The average molecular weight is 264 g/mol. The van der Waals surface area contributed by atoms with Crippen molar-refractivity contribution in [3.63, 3.8) is 0 Å². The van der Waals surface area contributed by atoms with Gasteiger partial charge in [-0.3, -0.25) is 0 Å². The fraction of sp³-hybridized carbons (Fsp3) is 0.625. The lowest BCUT2D eigenvalue weighted by Crippen LogP contribution is -2.36. The molecular weight excluding hydrogens is 236 g/mol. The van der Waals surface area contributed by atoms with Crippen LogP contribution in [0.2, 0.25) is 0 Å². The molecular formula is C16H28N2O. The highest BCUT2D eigenvalue weighted by Gasteiger charge is 2.10. The molecule has 3 nitrogen and oxygen atoms in total. The van der Waals surface area contributed by atoms with Crippen LogP contribution in [-0.2, 0) is 0 Å². The van der Waals surface area contributed by atoms with Crippen molar-refractivity contribution >= 4 is 5.69 Å². The van der Waals surface area contributed by atoms with Gasteiger partial charge in [0.25, 0.3) is 0 Å². The lowest BCUT2D eigenvalue weighted by molar-refractivity contribution is 0.128. The largest absolute Gasteiger partial charge is 0.390 e. The number of para-hydroxylation sites is 1. The summed E-state index contributed by atoms with van der Waals surface area (Å²) in [7, 11) is 0. The molecule has 1 aromatic rings. The first-order valence-corrected chi connectivity index (χ1v) is 7.31. The molecule has 108 valence electrons. The van der Waals surface area contributed by atoms with Crippen molar-refractivity contribution in [1.82, 2.24) is 4.90 Å². The molecule has 0 aromatic heterocycles. The van der Waals surface area contributed by atoms with Gasteiger partial charge < -0.3 is 15.3 Å². The molecule has 3 heteroatoms. The van der Waals surface area contributed by atoms with Crippen molar-refractivity contribution in [2.75, 3.05) is 31.5 Å². The molecule has 0 radical (unpaired) electrons. The summed E-state index contributed by atoms with van der Waals surface area (Å²) in [6.07, 6.45) is -0.333. The Kier molecular flexibility index (Phi) is 6.89. The normalized spacial score (nSPS) is 13.0. The van der Waals surface area contributed by atoms with Crippen LogP contribution in [0.15, 0.2) is 24.3 Å². The molecule has 1 rings (SSSR count). The molecule has 0 saturated heterocycles. The Hall–Kier alpha value is -1.06. The number of hydrogen-bond donors (Lipinski definition) is 2. The van der Waals surface area contributed by atoms with Crippen LogP contribution in [-0.4, -0.2) is 42.3 Å². The summed E-state index contributed by atoms with van der Waals surface area (Å²) in [5.74, 6) is 0.489. The van der Waals surface area contributed by atoms with E-state index in [0.29, 0.717) is 12.5 Å². The van der Waals surface area contributed by atoms with Crippen molar-refractivity contribution < 1.29 is 5.11 Å². The van der Waals surface area contributed by atoms with E-state index >= 15 is 0 Å². The third-order valence-electron chi connectivity index (χ3n) is 3.47. The minimum absolute atomic E-state index is 0.333. The van der Waals surface area contributed by atoms with Gasteiger partial charge in [0, 0.05) is 18.8 Å². The predicted octanol–water partition coefficient (Wildman–Crippen LogP) is 2.92. The van der Waals surface area contributed by atoms with Crippen LogP contribution in [0.3, 0.4) is 0 Å². The van der Waals surface area contributed by atoms with Crippen molar-refractivity contribution in [1.29, 1.82) is 0 Å². The summed E-state index contributed by atoms with van der Waals surface area (Å²) in [6.45, 7) is 11.9. The van der Waals surface area contributed by atoms with Gasteiger partial charge in [0.15, 0.2) is 0 Å². The highest BCUT2D eigenvalue weighted by Crippen LogP contribution is 2.23. The third-order valence-corrected chi connectivity index (χ3v) is 3.47. The van der Waals surface area contributed by atoms with Crippen molar-refractivity contribution in [2.45, 2.75) is 39.7 Å². The molecule has 0 amide bonds. The SMILES string of the molecule is CCN(CC)CC(O)CNc1ccccc1C(C)C. The Balaban J connectivity index is 2.52. The summed E-state index contributed by atoms with van der Waals surface area (Å²) in [4.78, 5) is 2.24. The van der Waals surface area contributed by atoms with Crippen LogP contribution in [0.5, 0.6) is 0 Å². The quantitative estimate of drug-likeness (QED) is 0.758. The lowest BCUT2D eigenvalue weighted by Gasteiger charge is -2.23. The first-order valence-electron chi connectivity index (χ1n) is 7.31. The number of nitrogens with zero attached hydrogens (tertiary/aromatic N) is 1. The van der Waals surface area contributed by atoms with E-state index in [1.165, 1.54) is 5.56 Å². The smallest absolute Gasteiger partial charge is 0.0839 e. The van der Waals surface area contributed by atoms with Crippen LogP contribution in [0.4, 0.5) is 5.69 Å². The van der Waals surface area contributed by atoms with E-state index in [2.05, 4.69) is 56.1 Å². The molecule has 0 spiro atoms. The Bertz CT molecular complexity index is 362. The predicted molar refractivity (Wildman–Crippen MR) is 82.8 cm³/mol. The van der Waals surface area contributed by atoms with Gasteiger partial charge in [0.2, 0.25) is 0 Å². The number of aliphatic hydroxyl groups is 1. The molecule has 0 aliphatic heterocycles. The van der Waals surface area contributed by atoms with Gasteiger partial charge in [-0.15, -0.1) is 0 Å². The molecule has 0 saturated carbocycles. The number of anilines is 1. The number of aliphatic hydroxyl groups excluding tert-OH is 1. The first kappa shape index (κ1) is 16.0. The molecule has 19 heavy (non-hydrogen) atoms. The molecule has 0 aliphatic rings. The van der Waals surface area contributed by atoms with Crippen LogP contribution in [0.25, 0.3) is 0 Å². The Labute approximate surface area is 117 Å². The zero-order valence-electron chi connectivity index (χ0n) is 12.7. The summed E-state index contributed by atoms with van der Waals surface area (Å²) in [5.41, 5.74) is 2.44. The monoisotopic (exact) mass is 264 g/mol. The second-order valence-electron chi connectivity index (χ2n) is 5.26. The minimum atomic E-state index is -0.333. The molecule has 1 unspecified atom stereocenters. The maximum absolute atomic E-state index is 10.1. The van der Waals surface area contributed by atoms with E-state index < -0.39 is 0 Å². The van der Waals surface area contributed by atoms with Gasteiger partial charge >= 0.3 is 0 Å².